The molecule has 0 amide bonds. The number of aldehydes is 1. The van der Waals surface area contributed by atoms with E-state index < -0.39 is 0 Å². The van der Waals surface area contributed by atoms with Gasteiger partial charge in [-0.05, 0) is 62.6 Å². The van der Waals surface area contributed by atoms with Crippen molar-refractivity contribution in [3.8, 4) is 0 Å². The summed E-state index contributed by atoms with van der Waals surface area (Å²) in [7, 11) is 6.17. The Kier molecular flexibility index (Phi) is 8.84. The summed E-state index contributed by atoms with van der Waals surface area (Å²) in [6.07, 6.45) is 5.92. The lowest BCUT2D eigenvalue weighted by Crippen LogP contribution is -2.18. The number of hydrogen-bond acceptors (Lipinski definition) is 9. The summed E-state index contributed by atoms with van der Waals surface area (Å²) in [5, 5.41) is 14.1. The molecule has 10 nitrogen and oxygen atoms in total. The average molecular weight is 476 g/mol. The van der Waals surface area contributed by atoms with Gasteiger partial charge in [0.05, 0.1) is 27.4 Å². The number of fused-ring (bicyclic) bond motifs is 1. The largest absolute Gasteiger partial charge is 0.397 e. The number of aromatic nitrogens is 4. The molecule has 6 N–H and O–H groups in total. The molecule has 160 valence electrons. The zero-order valence-electron chi connectivity index (χ0n) is 17.2. The van der Waals surface area contributed by atoms with Crippen LogP contribution >= 0.6 is 15.9 Å². The topological polar surface area (TPSA) is 149 Å². The molecule has 0 saturated carbocycles. The highest BCUT2D eigenvalue weighted by molar-refractivity contribution is 9.10. The van der Waals surface area contributed by atoms with Gasteiger partial charge in [-0.3, -0.25) is 4.79 Å². The number of carbonyl (C=O) groups excluding carboxylic acids is 1. The van der Waals surface area contributed by atoms with Crippen LogP contribution in [0.25, 0.3) is 11.0 Å². The number of H-pyrrole nitrogens is 1. The molecule has 30 heavy (non-hydrogen) atoms. The summed E-state index contributed by atoms with van der Waals surface area (Å²) in [6, 6.07) is 1.64. The van der Waals surface area contributed by atoms with Crippen LogP contribution in [-0.2, 0) is 0 Å². The Morgan fingerprint density at radius 2 is 2.10 bits per heavy atom. The molecule has 0 fully saturated rings. The second-order valence-corrected chi connectivity index (χ2v) is 7.44. The quantitative estimate of drug-likeness (QED) is 0.189. The number of halogens is 1. The van der Waals surface area contributed by atoms with Crippen LogP contribution in [0.15, 0.2) is 23.1 Å². The van der Waals surface area contributed by atoms with Gasteiger partial charge in [-0.25, -0.2) is 15.0 Å². The summed E-state index contributed by atoms with van der Waals surface area (Å²) < 4.78 is 0.573. The van der Waals surface area contributed by atoms with E-state index in [4.69, 9.17) is 11.1 Å². The van der Waals surface area contributed by atoms with Gasteiger partial charge >= 0.3 is 0 Å². The summed E-state index contributed by atoms with van der Waals surface area (Å²) in [4.78, 5) is 28.5. The number of nitrogens with zero attached hydrogens (tertiary/aromatic N) is 4. The van der Waals surface area contributed by atoms with Gasteiger partial charge in [-0.2, -0.15) is 0 Å². The molecule has 0 saturated heterocycles. The molecule has 0 atom stereocenters. The van der Waals surface area contributed by atoms with E-state index in [9.17, 15) is 4.79 Å². The summed E-state index contributed by atoms with van der Waals surface area (Å²) in [5.74, 6) is 0.961. The second-order valence-electron chi connectivity index (χ2n) is 6.64. The summed E-state index contributed by atoms with van der Waals surface area (Å²) in [5.41, 5.74) is 7.57. The van der Waals surface area contributed by atoms with Gasteiger partial charge in [-0.15, -0.1) is 0 Å². The van der Waals surface area contributed by atoms with E-state index >= 15 is 0 Å². The first-order valence-electron chi connectivity index (χ1n) is 9.21. The van der Waals surface area contributed by atoms with Crippen molar-refractivity contribution in [1.29, 1.82) is 5.41 Å². The molecule has 0 radical (unpaired) electrons. The lowest BCUT2D eigenvalue weighted by molar-refractivity contribution is 0.111. The van der Waals surface area contributed by atoms with Crippen LogP contribution in [0.3, 0.4) is 0 Å². The van der Waals surface area contributed by atoms with E-state index in [1.807, 2.05) is 7.05 Å². The van der Waals surface area contributed by atoms with E-state index in [0.717, 1.165) is 12.8 Å². The van der Waals surface area contributed by atoms with Gasteiger partial charge in [0.2, 0.25) is 0 Å². The molecule has 0 spiro atoms. The van der Waals surface area contributed by atoms with Crippen molar-refractivity contribution in [2.24, 2.45) is 0 Å². The molecule has 3 heterocycles. The standard InChI is InChI=1S/C13H10BrN7O.C6H16N2/c14-11-8(4-22)20-12-10(11)13(19-5-18-12)21-9-1-6(2-15)7(16)3-17-9;1-7-5-4-6-8(2)3/h1-5,15H,16H2,(H2,17,18,19,20,21);7H,4-6H2,1-3H3. The van der Waals surface area contributed by atoms with Crippen molar-refractivity contribution in [2.45, 2.75) is 6.42 Å². The van der Waals surface area contributed by atoms with Crippen LogP contribution in [-0.4, -0.2) is 71.6 Å². The van der Waals surface area contributed by atoms with Crippen LogP contribution in [0.4, 0.5) is 17.3 Å². The zero-order chi connectivity index (χ0) is 22.1. The van der Waals surface area contributed by atoms with Crippen molar-refractivity contribution in [1.82, 2.24) is 30.2 Å². The number of pyridine rings is 1. The molecule has 11 heteroatoms. The molecular formula is C19H26BrN9O. The maximum absolute atomic E-state index is 11.0. The first kappa shape index (κ1) is 23.4. The molecule has 0 aromatic carbocycles. The van der Waals surface area contributed by atoms with Gasteiger partial charge in [0, 0.05) is 11.8 Å². The maximum atomic E-state index is 11.0. The predicted octanol–water partition coefficient (Wildman–Crippen LogP) is 2.41. The SMILES string of the molecule is CNCCCN(C)C.N=Cc1cc(Nc2ncnc3[nH]c(C=O)c(Br)c23)ncc1N. The minimum Gasteiger partial charge on any atom is -0.397 e. The number of aromatic amines is 1. The monoisotopic (exact) mass is 475 g/mol. The molecule has 0 bridgehead atoms. The number of hydrogen-bond donors (Lipinski definition) is 5. The Morgan fingerprint density at radius 1 is 1.33 bits per heavy atom. The number of nitrogens with two attached hydrogens (primary N) is 1. The fourth-order valence-corrected chi connectivity index (χ4v) is 3.12. The van der Waals surface area contributed by atoms with E-state index in [0.29, 0.717) is 50.4 Å². The third kappa shape index (κ3) is 6.05. The first-order valence-corrected chi connectivity index (χ1v) is 10.00. The Bertz CT molecular complexity index is 1000. The van der Waals surface area contributed by atoms with Crippen molar-refractivity contribution in [2.75, 3.05) is 45.3 Å². The molecule has 0 aliphatic carbocycles. The lowest BCUT2D eigenvalue weighted by atomic mass is 10.2. The van der Waals surface area contributed by atoms with E-state index in [1.165, 1.54) is 25.5 Å². The summed E-state index contributed by atoms with van der Waals surface area (Å²) in [6.45, 7) is 2.30. The Morgan fingerprint density at radius 3 is 2.73 bits per heavy atom. The van der Waals surface area contributed by atoms with Gasteiger partial charge < -0.3 is 31.7 Å². The van der Waals surface area contributed by atoms with E-state index in [-0.39, 0.29) is 0 Å². The van der Waals surface area contributed by atoms with Gasteiger partial charge in [0.1, 0.15) is 23.6 Å². The normalized spacial score (nSPS) is 10.6. The van der Waals surface area contributed by atoms with Gasteiger partial charge in [-0.1, -0.05) is 0 Å². The average Bonchev–Trinajstić information content (AvgIpc) is 3.06. The van der Waals surface area contributed by atoms with Crippen LogP contribution in [0.5, 0.6) is 0 Å². The Hall–Kier alpha value is -2.89. The Balaban J connectivity index is 0.000000343. The zero-order valence-corrected chi connectivity index (χ0v) is 18.7. The molecule has 0 aliphatic rings. The third-order valence-electron chi connectivity index (χ3n) is 4.08. The van der Waals surface area contributed by atoms with Crippen molar-refractivity contribution >= 4 is 56.8 Å². The van der Waals surface area contributed by atoms with Gasteiger partial charge in [0.15, 0.2) is 6.29 Å². The molecular weight excluding hydrogens is 450 g/mol. The Labute approximate surface area is 183 Å². The molecule has 3 aromatic heterocycles. The fraction of sp³-hybridized carbons (Fsp3) is 0.316. The van der Waals surface area contributed by atoms with Crippen molar-refractivity contribution in [3.63, 3.8) is 0 Å². The minimum absolute atomic E-state index is 0.379. The molecule has 3 rings (SSSR count). The highest BCUT2D eigenvalue weighted by Crippen LogP contribution is 2.31. The van der Waals surface area contributed by atoms with E-state index in [1.54, 1.807) is 6.07 Å². The fourth-order valence-electron chi connectivity index (χ4n) is 2.55. The highest BCUT2D eigenvalue weighted by Gasteiger charge is 2.15. The molecule has 3 aromatic rings. The van der Waals surface area contributed by atoms with Crippen LogP contribution in [0.2, 0.25) is 0 Å². The molecule has 0 unspecified atom stereocenters. The maximum Gasteiger partial charge on any atom is 0.167 e. The van der Waals surface area contributed by atoms with Crippen LogP contribution in [0, 0.1) is 5.41 Å². The van der Waals surface area contributed by atoms with Crippen molar-refractivity contribution in [3.05, 3.63) is 34.3 Å². The van der Waals surface area contributed by atoms with Crippen molar-refractivity contribution < 1.29 is 4.79 Å². The molecule has 0 aliphatic heterocycles. The number of rotatable bonds is 8. The van der Waals surface area contributed by atoms with Crippen LogP contribution < -0.4 is 16.4 Å². The first-order chi connectivity index (χ1) is 14.4. The van der Waals surface area contributed by atoms with Crippen LogP contribution in [0.1, 0.15) is 22.5 Å². The number of carbonyl (C=O) groups is 1. The third-order valence-corrected chi connectivity index (χ3v) is 4.90. The smallest absolute Gasteiger partial charge is 0.167 e. The predicted molar refractivity (Wildman–Crippen MR) is 124 cm³/mol. The van der Waals surface area contributed by atoms with E-state index in [2.05, 4.69) is 65.5 Å². The number of anilines is 3. The van der Waals surface area contributed by atoms with Gasteiger partial charge in [0.25, 0.3) is 0 Å². The second kappa shape index (κ2) is 11.3. The lowest BCUT2D eigenvalue weighted by Gasteiger charge is -2.07. The summed E-state index contributed by atoms with van der Waals surface area (Å²) >= 11 is 3.36. The number of nitrogens with one attached hydrogen (secondary N) is 4. The minimum atomic E-state index is 0.379. The highest BCUT2D eigenvalue weighted by atomic mass is 79.9. The number of nitrogen functional groups attached to an aromatic ring is 1.